The summed E-state index contributed by atoms with van der Waals surface area (Å²) in [5.74, 6) is 1.42. The van der Waals surface area contributed by atoms with Crippen molar-refractivity contribution in [2.45, 2.75) is 31.3 Å². The van der Waals surface area contributed by atoms with E-state index in [1.54, 1.807) is 6.20 Å². The second kappa shape index (κ2) is 4.19. The van der Waals surface area contributed by atoms with Gasteiger partial charge in [-0.05, 0) is 48.6 Å². The Bertz CT molecular complexity index is 613. The van der Waals surface area contributed by atoms with Crippen molar-refractivity contribution in [3.8, 4) is 0 Å². The van der Waals surface area contributed by atoms with E-state index in [0.717, 1.165) is 31.5 Å². The molecular weight excluding hydrogens is 248 g/mol. The largest absolute Gasteiger partial charge is 0.381 e. The van der Waals surface area contributed by atoms with Gasteiger partial charge in [0.2, 0.25) is 0 Å². The zero-order valence-corrected chi connectivity index (χ0v) is 11.8. The van der Waals surface area contributed by atoms with Crippen LogP contribution < -0.4 is 0 Å². The highest BCUT2D eigenvalue weighted by atomic mass is 16.3. The molecule has 1 N–H and O–H groups in total. The maximum Gasteiger partial charge on any atom is 0.141 e. The molecular formula is C17H20N2O. The summed E-state index contributed by atoms with van der Waals surface area (Å²) >= 11 is 0. The van der Waals surface area contributed by atoms with Gasteiger partial charge in [0.1, 0.15) is 11.4 Å². The minimum absolute atomic E-state index is 0.289. The molecule has 1 heterocycles. The van der Waals surface area contributed by atoms with E-state index in [9.17, 15) is 5.11 Å². The van der Waals surface area contributed by atoms with Crippen molar-refractivity contribution in [3.05, 3.63) is 53.6 Å². The van der Waals surface area contributed by atoms with Crippen molar-refractivity contribution in [2.24, 2.45) is 18.9 Å². The van der Waals surface area contributed by atoms with Gasteiger partial charge in [0.05, 0.1) is 0 Å². The Labute approximate surface area is 119 Å². The van der Waals surface area contributed by atoms with Crippen molar-refractivity contribution in [3.63, 3.8) is 0 Å². The third-order valence-corrected chi connectivity index (χ3v) is 5.34. The molecule has 2 unspecified atom stereocenters. The van der Waals surface area contributed by atoms with Gasteiger partial charge in [-0.3, -0.25) is 0 Å². The minimum Gasteiger partial charge on any atom is -0.381 e. The molecule has 0 amide bonds. The molecule has 3 nitrogen and oxygen atoms in total. The smallest absolute Gasteiger partial charge is 0.141 e. The van der Waals surface area contributed by atoms with Crippen molar-refractivity contribution in [1.82, 2.24) is 9.55 Å². The van der Waals surface area contributed by atoms with Crippen molar-refractivity contribution < 1.29 is 5.11 Å². The lowest BCUT2D eigenvalue weighted by molar-refractivity contribution is -0.0495. The van der Waals surface area contributed by atoms with Crippen LogP contribution in [0, 0.1) is 11.8 Å². The molecule has 2 aromatic rings. The van der Waals surface area contributed by atoms with Crippen molar-refractivity contribution >= 4 is 0 Å². The van der Waals surface area contributed by atoms with Gasteiger partial charge >= 0.3 is 0 Å². The second-order valence-corrected chi connectivity index (χ2v) is 6.34. The number of benzene rings is 1. The molecule has 1 fully saturated rings. The minimum atomic E-state index is -0.767. The SMILES string of the molecule is Cn1ccnc1C1(O)C2CCC1Cc1ccccc1C2. The van der Waals surface area contributed by atoms with Crippen LogP contribution in [-0.4, -0.2) is 14.7 Å². The number of aliphatic hydroxyl groups is 1. The summed E-state index contributed by atoms with van der Waals surface area (Å²) in [6, 6.07) is 8.65. The lowest BCUT2D eigenvalue weighted by atomic mass is 9.81. The number of rotatable bonds is 1. The number of imidazole rings is 1. The first-order valence-corrected chi connectivity index (χ1v) is 7.46. The number of hydrogen-bond donors (Lipinski definition) is 1. The molecule has 0 radical (unpaired) electrons. The number of fused-ring (bicyclic) bond motifs is 3. The summed E-state index contributed by atoms with van der Waals surface area (Å²) < 4.78 is 1.99. The summed E-state index contributed by atoms with van der Waals surface area (Å²) in [6.45, 7) is 0. The van der Waals surface area contributed by atoms with E-state index in [1.807, 2.05) is 17.8 Å². The average molecular weight is 268 g/mol. The first-order valence-electron chi connectivity index (χ1n) is 7.46. The molecule has 1 aromatic heterocycles. The van der Waals surface area contributed by atoms with E-state index in [0.29, 0.717) is 0 Å². The van der Waals surface area contributed by atoms with Gasteiger partial charge in [-0.25, -0.2) is 4.98 Å². The third kappa shape index (κ3) is 1.53. The summed E-state index contributed by atoms with van der Waals surface area (Å²) in [7, 11) is 1.98. The number of aryl methyl sites for hydroxylation is 1. The fraction of sp³-hybridized carbons (Fsp3) is 0.471. The molecule has 4 rings (SSSR count). The van der Waals surface area contributed by atoms with Crippen LogP contribution in [0.25, 0.3) is 0 Å². The average Bonchev–Trinajstić information content (AvgIpc) is 2.94. The molecule has 0 saturated heterocycles. The van der Waals surface area contributed by atoms with Gasteiger partial charge in [-0.2, -0.15) is 0 Å². The molecule has 2 aliphatic rings. The van der Waals surface area contributed by atoms with Gasteiger partial charge in [-0.1, -0.05) is 24.3 Å². The summed E-state index contributed by atoms with van der Waals surface area (Å²) in [5, 5.41) is 11.5. The number of nitrogens with zero attached hydrogens (tertiary/aromatic N) is 2. The Kier molecular flexibility index (Phi) is 2.55. The van der Waals surface area contributed by atoms with E-state index in [2.05, 4.69) is 29.2 Å². The van der Waals surface area contributed by atoms with E-state index in [1.165, 1.54) is 11.1 Å². The van der Waals surface area contributed by atoms with Crippen molar-refractivity contribution in [2.75, 3.05) is 0 Å². The highest BCUT2D eigenvalue weighted by molar-refractivity contribution is 5.33. The highest BCUT2D eigenvalue weighted by Crippen LogP contribution is 2.52. The Morgan fingerprint density at radius 1 is 1.15 bits per heavy atom. The molecule has 3 heteroatoms. The van der Waals surface area contributed by atoms with Crippen LogP contribution in [0.2, 0.25) is 0 Å². The van der Waals surface area contributed by atoms with E-state index in [-0.39, 0.29) is 11.8 Å². The van der Waals surface area contributed by atoms with Crippen LogP contribution in [0.3, 0.4) is 0 Å². The zero-order valence-electron chi connectivity index (χ0n) is 11.8. The van der Waals surface area contributed by atoms with Crippen LogP contribution in [-0.2, 0) is 25.5 Å². The maximum atomic E-state index is 11.5. The maximum absolute atomic E-state index is 11.5. The first kappa shape index (κ1) is 12.2. The lowest BCUT2D eigenvalue weighted by Gasteiger charge is -2.33. The Morgan fingerprint density at radius 2 is 1.75 bits per heavy atom. The Hall–Kier alpha value is -1.61. The summed E-state index contributed by atoms with van der Waals surface area (Å²) in [5.41, 5.74) is 2.05. The van der Waals surface area contributed by atoms with Gasteiger partial charge in [-0.15, -0.1) is 0 Å². The van der Waals surface area contributed by atoms with Gasteiger partial charge < -0.3 is 9.67 Å². The zero-order chi connectivity index (χ0) is 13.7. The normalized spacial score (nSPS) is 31.9. The molecule has 2 aliphatic carbocycles. The van der Waals surface area contributed by atoms with E-state index >= 15 is 0 Å². The third-order valence-electron chi connectivity index (χ3n) is 5.34. The van der Waals surface area contributed by atoms with E-state index in [4.69, 9.17) is 0 Å². The number of hydrogen-bond acceptors (Lipinski definition) is 2. The fourth-order valence-electron chi connectivity index (χ4n) is 4.29. The van der Waals surface area contributed by atoms with Crippen LogP contribution >= 0.6 is 0 Å². The summed E-state index contributed by atoms with van der Waals surface area (Å²) in [6.07, 6.45) is 7.87. The van der Waals surface area contributed by atoms with Gasteiger partial charge in [0, 0.05) is 19.4 Å². The van der Waals surface area contributed by atoms with Crippen LogP contribution in [0.15, 0.2) is 36.7 Å². The Balaban J connectivity index is 1.83. The molecule has 2 atom stereocenters. The highest BCUT2D eigenvalue weighted by Gasteiger charge is 2.53. The topological polar surface area (TPSA) is 38.0 Å². The molecule has 2 bridgehead atoms. The molecule has 1 aromatic carbocycles. The summed E-state index contributed by atoms with van der Waals surface area (Å²) in [4.78, 5) is 4.47. The predicted octanol–water partition coefficient (Wildman–Crippen LogP) is 2.43. The van der Waals surface area contributed by atoms with Gasteiger partial charge in [0.25, 0.3) is 0 Å². The molecule has 104 valence electrons. The van der Waals surface area contributed by atoms with Crippen LogP contribution in [0.4, 0.5) is 0 Å². The van der Waals surface area contributed by atoms with E-state index < -0.39 is 5.60 Å². The monoisotopic (exact) mass is 268 g/mol. The predicted molar refractivity (Wildman–Crippen MR) is 77.2 cm³/mol. The van der Waals surface area contributed by atoms with Crippen LogP contribution in [0.5, 0.6) is 0 Å². The molecule has 0 spiro atoms. The van der Waals surface area contributed by atoms with Gasteiger partial charge in [0.15, 0.2) is 0 Å². The van der Waals surface area contributed by atoms with Crippen LogP contribution in [0.1, 0.15) is 29.8 Å². The molecule has 0 aliphatic heterocycles. The second-order valence-electron chi connectivity index (χ2n) is 6.34. The fourth-order valence-corrected chi connectivity index (χ4v) is 4.29. The Morgan fingerprint density at radius 3 is 2.25 bits per heavy atom. The van der Waals surface area contributed by atoms with Crippen molar-refractivity contribution in [1.29, 1.82) is 0 Å². The molecule has 20 heavy (non-hydrogen) atoms. The molecule has 1 saturated carbocycles. The number of aromatic nitrogens is 2. The first-order chi connectivity index (χ1) is 9.69. The lowest BCUT2D eigenvalue weighted by Crippen LogP contribution is -2.39. The standard InChI is InChI=1S/C17H20N2O/c1-19-9-8-18-16(19)17(20)14-6-7-15(17)11-13-5-3-2-4-12(13)10-14/h2-5,8-9,14-15,20H,6-7,10-11H2,1H3. The quantitative estimate of drug-likeness (QED) is 0.862.